The van der Waals surface area contributed by atoms with Crippen molar-refractivity contribution < 1.29 is 0 Å². The Labute approximate surface area is 147 Å². The van der Waals surface area contributed by atoms with Crippen molar-refractivity contribution in [3.8, 4) is 22.6 Å². The maximum atomic E-state index is 4.76. The third-order valence-corrected chi connectivity index (χ3v) is 5.09. The van der Waals surface area contributed by atoms with E-state index in [4.69, 9.17) is 4.98 Å². The van der Waals surface area contributed by atoms with Gasteiger partial charge < -0.3 is 4.98 Å². The van der Waals surface area contributed by atoms with E-state index in [0.29, 0.717) is 0 Å². The summed E-state index contributed by atoms with van der Waals surface area (Å²) in [6, 6.07) is 19.0. The highest BCUT2D eigenvalue weighted by Gasteiger charge is 2.35. The van der Waals surface area contributed by atoms with E-state index in [1.165, 1.54) is 22.3 Å². The Morgan fingerprint density at radius 1 is 0.880 bits per heavy atom. The molecule has 0 radical (unpaired) electrons. The first-order valence-corrected chi connectivity index (χ1v) is 8.20. The molecule has 0 fully saturated rings. The molecule has 0 spiro atoms. The quantitative estimate of drug-likeness (QED) is 0.497. The van der Waals surface area contributed by atoms with Gasteiger partial charge >= 0.3 is 0 Å². The first-order chi connectivity index (χ1) is 11.6. The number of nitrogens with one attached hydrogen (secondary N) is 1. The van der Waals surface area contributed by atoms with E-state index in [1.807, 2.05) is 18.2 Å². The number of aromatic amines is 1. The van der Waals surface area contributed by atoms with Gasteiger partial charge in [0.15, 0.2) is 5.82 Å². The second-order valence-electron chi connectivity index (χ2n) is 6.89. The summed E-state index contributed by atoms with van der Waals surface area (Å²) in [5.74, 6) is 0.820. The third-order valence-electron chi connectivity index (χ3n) is 5.09. The SMILES string of the molecule is C.CC1(C)c2ccccc2-c2cc3nc(-c4ccccn4)[nH]c3cc21. The molecule has 1 N–H and O–H groups in total. The van der Waals surface area contributed by atoms with Crippen molar-refractivity contribution in [1.29, 1.82) is 0 Å². The lowest BCUT2D eigenvalue weighted by molar-refractivity contribution is 0.661. The molecule has 5 rings (SSSR count). The van der Waals surface area contributed by atoms with E-state index in [9.17, 15) is 0 Å². The van der Waals surface area contributed by atoms with E-state index >= 15 is 0 Å². The van der Waals surface area contributed by atoms with E-state index < -0.39 is 0 Å². The molecule has 4 aromatic rings. The summed E-state index contributed by atoms with van der Waals surface area (Å²) in [4.78, 5) is 12.6. The summed E-state index contributed by atoms with van der Waals surface area (Å²) in [5, 5.41) is 0. The molecule has 1 aliphatic carbocycles. The number of H-pyrrole nitrogens is 1. The molecule has 2 aromatic carbocycles. The van der Waals surface area contributed by atoms with Gasteiger partial charge in [-0.3, -0.25) is 4.98 Å². The van der Waals surface area contributed by atoms with Gasteiger partial charge in [0.05, 0.1) is 11.0 Å². The zero-order valence-electron chi connectivity index (χ0n) is 13.7. The number of benzene rings is 2. The molecule has 2 aromatic heterocycles. The molecule has 1 aliphatic rings. The van der Waals surface area contributed by atoms with Crippen LogP contribution in [0.15, 0.2) is 60.8 Å². The molecule has 0 atom stereocenters. The summed E-state index contributed by atoms with van der Waals surface area (Å²) < 4.78 is 0. The highest BCUT2D eigenvalue weighted by Crippen LogP contribution is 2.49. The van der Waals surface area contributed by atoms with Crippen molar-refractivity contribution >= 4 is 11.0 Å². The van der Waals surface area contributed by atoms with Gasteiger partial charge in [0.25, 0.3) is 0 Å². The van der Waals surface area contributed by atoms with Crippen molar-refractivity contribution in [2.75, 3.05) is 0 Å². The van der Waals surface area contributed by atoms with Crippen LogP contribution >= 0.6 is 0 Å². The van der Waals surface area contributed by atoms with E-state index in [0.717, 1.165) is 22.6 Å². The molecule has 124 valence electrons. The number of imidazole rings is 1. The van der Waals surface area contributed by atoms with Crippen molar-refractivity contribution in [1.82, 2.24) is 15.0 Å². The summed E-state index contributed by atoms with van der Waals surface area (Å²) in [6.45, 7) is 4.58. The molecule has 3 heteroatoms. The lowest BCUT2D eigenvalue weighted by Gasteiger charge is -2.21. The van der Waals surface area contributed by atoms with Crippen LogP contribution in [0.25, 0.3) is 33.7 Å². The zero-order valence-corrected chi connectivity index (χ0v) is 13.7. The van der Waals surface area contributed by atoms with Crippen LogP contribution in [-0.2, 0) is 5.41 Å². The second kappa shape index (κ2) is 5.28. The Morgan fingerprint density at radius 3 is 2.48 bits per heavy atom. The molecule has 0 unspecified atom stereocenters. The van der Waals surface area contributed by atoms with Gasteiger partial charge in [-0.15, -0.1) is 0 Å². The average Bonchev–Trinajstić information content (AvgIpc) is 3.12. The van der Waals surface area contributed by atoms with Gasteiger partial charge in [0, 0.05) is 11.6 Å². The number of fused-ring (bicyclic) bond motifs is 4. The van der Waals surface area contributed by atoms with Crippen molar-refractivity contribution in [3.05, 3.63) is 71.9 Å². The van der Waals surface area contributed by atoms with Gasteiger partial charge in [0.2, 0.25) is 0 Å². The van der Waals surface area contributed by atoms with Crippen LogP contribution in [0.1, 0.15) is 32.4 Å². The fourth-order valence-electron chi connectivity index (χ4n) is 3.83. The van der Waals surface area contributed by atoms with Crippen molar-refractivity contribution in [3.63, 3.8) is 0 Å². The third kappa shape index (κ3) is 2.12. The number of hydrogen-bond acceptors (Lipinski definition) is 2. The Hall–Kier alpha value is -2.94. The standard InChI is InChI=1S/C21H17N3.CH4/c1-21(2)15-8-4-3-7-13(15)14-11-18-19(12-16(14)21)24-20(23-18)17-9-5-6-10-22-17;/h3-12H,1-2H3,(H,23,24);1H4. The van der Waals surface area contributed by atoms with Crippen molar-refractivity contribution in [2.45, 2.75) is 26.7 Å². The molecular formula is C22H21N3. The largest absolute Gasteiger partial charge is 0.337 e. The van der Waals surface area contributed by atoms with Gasteiger partial charge in [-0.25, -0.2) is 4.98 Å². The first-order valence-electron chi connectivity index (χ1n) is 8.20. The molecule has 0 amide bonds. The maximum Gasteiger partial charge on any atom is 0.157 e. The number of hydrogen-bond donors (Lipinski definition) is 1. The van der Waals surface area contributed by atoms with Gasteiger partial charge in [-0.05, 0) is 46.5 Å². The molecule has 2 heterocycles. The van der Waals surface area contributed by atoms with E-state index in [1.54, 1.807) is 6.20 Å². The summed E-state index contributed by atoms with van der Waals surface area (Å²) in [6.07, 6.45) is 1.79. The topological polar surface area (TPSA) is 41.6 Å². The van der Waals surface area contributed by atoms with Gasteiger partial charge in [-0.2, -0.15) is 0 Å². The normalized spacial score (nSPS) is 14.0. The monoisotopic (exact) mass is 327 g/mol. The Balaban J connectivity index is 0.00000157. The minimum atomic E-state index is 0. The van der Waals surface area contributed by atoms with Crippen LogP contribution < -0.4 is 0 Å². The number of pyridine rings is 1. The van der Waals surface area contributed by atoms with E-state index in [-0.39, 0.29) is 12.8 Å². The van der Waals surface area contributed by atoms with Crippen LogP contribution in [0.5, 0.6) is 0 Å². The molecule has 0 aliphatic heterocycles. The second-order valence-corrected chi connectivity index (χ2v) is 6.89. The molecule has 3 nitrogen and oxygen atoms in total. The fourth-order valence-corrected chi connectivity index (χ4v) is 3.83. The minimum Gasteiger partial charge on any atom is -0.337 e. The Morgan fingerprint density at radius 2 is 1.68 bits per heavy atom. The minimum absolute atomic E-state index is 0. The summed E-state index contributed by atoms with van der Waals surface area (Å²) in [7, 11) is 0. The molecule has 0 saturated carbocycles. The zero-order chi connectivity index (χ0) is 16.3. The lowest BCUT2D eigenvalue weighted by Crippen LogP contribution is -2.14. The van der Waals surface area contributed by atoms with Crippen LogP contribution in [0.4, 0.5) is 0 Å². The molecular weight excluding hydrogens is 306 g/mol. The Bertz CT molecular complexity index is 1080. The van der Waals surface area contributed by atoms with Crippen LogP contribution in [0.3, 0.4) is 0 Å². The highest BCUT2D eigenvalue weighted by molar-refractivity contribution is 5.91. The smallest absolute Gasteiger partial charge is 0.157 e. The summed E-state index contributed by atoms with van der Waals surface area (Å²) >= 11 is 0. The van der Waals surface area contributed by atoms with Gasteiger partial charge in [-0.1, -0.05) is 51.6 Å². The van der Waals surface area contributed by atoms with E-state index in [2.05, 4.69) is 60.2 Å². The highest BCUT2D eigenvalue weighted by atomic mass is 14.9. The van der Waals surface area contributed by atoms with Gasteiger partial charge in [0.1, 0.15) is 5.69 Å². The van der Waals surface area contributed by atoms with Crippen LogP contribution in [0, 0.1) is 0 Å². The summed E-state index contributed by atoms with van der Waals surface area (Å²) in [5.41, 5.74) is 8.29. The predicted octanol–water partition coefficient (Wildman–Crippen LogP) is 5.57. The van der Waals surface area contributed by atoms with Crippen LogP contribution in [-0.4, -0.2) is 15.0 Å². The number of aromatic nitrogens is 3. The lowest BCUT2D eigenvalue weighted by atomic mass is 9.82. The van der Waals surface area contributed by atoms with Crippen molar-refractivity contribution in [2.24, 2.45) is 0 Å². The molecule has 0 saturated heterocycles. The predicted molar refractivity (Wildman–Crippen MR) is 104 cm³/mol. The first kappa shape index (κ1) is 15.6. The number of nitrogens with zero attached hydrogens (tertiary/aromatic N) is 2. The number of rotatable bonds is 1. The average molecular weight is 327 g/mol. The maximum absolute atomic E-state index is 4.76. The molecule has 25 heavy (non-hydrogen) atoms. The Kier molecular flexibility index (Phi) is 3.29. The van der Waals surface area contributed by atoms with Crippen LogP contribution in [0.2, 0.25) is 0 Å². The molecule has 0 bridgehead atoms. The fraction of sp³-hybridized carbons (Fsp3) is 0.182.